The lowest BCUT2D eigenvalue weighted by molar-refractivity contribution is 0.0951. The van der Waals surface area contributed by atoms with Gasteiger partial charge in [-0.15, -0.1) is 0 Å². The number of piperidine rings is 1. The molecule has 1 fully saturated rings. The van der Waals surface area contributed by atoms with E-state index >= 15 is 0 Å². The van der Waals surface area contributed by atoms with Gasteiger partial charge < -0.3 is 15.5 Å². The maximum absolute atomic E-state index is 12.6. The first kappa shape index (κ1) is 22.7. The van der Waals surface area contributed by atoms with E-state index < -0.39 is 0 Å². The van der Waals surface area contributed by atoms with Crippen molar-refractivity contribution in [3.63, 3.8) is 0 Å². The van der Waals surface area contributed by atoms with Crippen LogP contribution < -0.4 is 10.6 Å². The number of anilines is 2. The quantitative estimate of drug-likeness (QED) is 0.425. The molecule has 0 saturated carbocycles. The Morgan fingerprint density at radius 3 is 2.42 bits per heavy atom. The summed E-state index contributed by atoms with van der Waals surface area (Å²) in [4.78, 5) is 19.2. The topological polar surface area (TPSA) is 57.3 Å². The molecule has 2 N–H and O–H groups in total. The molecular weight excluding hydrogens is 408 g/mol. The van der Waals surface area contributed by atoms with Gasteiger partial charge in [0.05, 0.1) is 0 Å². The number of carbonyl (C=O) groups excluding carboxylic acids is 1. The number of likely N-dealkylation sites (tertiary alicyclic amines) is 1. The standard InChI is InChI=1S/C28H32N4O/c33-28(30-15-6-20-32-18-2-1-3-19-32)25-8-5-10-27(22-25)31-26-9-4-7-24(21-26)12-11-23-13-16-29-17-14-23/h4-5,7-14,16-17,21-22,31H,1-3,6,15,18-20H2,(H,30,33)/b12-11+. The lowest BCUT2D eigenvalue weighted by atomic mass is 10.1. The van der Waals surface area contributed by atoms with Crippen molar-refractivity contribution in [2.75, 3.05) is 31.5 Å². The van der Waals surface area contributed by atoms with Crippen LogP contribution in [0.3, 0.4) is 0 Å². The van der Waals surface area contributed by atoms with Crippen molar-refractivity contribution in [1.82, 2.24) is 15.2 Å². The van der Waals surface area contributed by atoms with Crippen molar-refractivity contribution in [3.05, 3.63) is 89.7 Å². The molecule has 0 atom stereocenters. The van der Waals surface area contributed by atoms with Gasteiger partial charge in [0.25, 0.3) is 5.91 Å². The average Bonchev–Trinajstić information content (AvgIpc) is 2.87. The van der Waals surface area contributed by atoms with Crippen molar-refractivity contribution in [2.45, 2.75) is 25.7 Å². The molecule has 0 aliphatic carbocycles. The molecule has 1 amide bonds. The lowest BCUT2D eigenvalue weighted by Crippen LogP contribution is -2.33. The molecule has 0 spiro atoms. The summed E-state index contributed by atoms with van der Waals surface area (Å²) in [5.41, 5.74) is 4.75. The van der Waals surface area contributed by atoms with E-state index in [9.17, 15) is 4.79 Å². The molecule has 2 aromatic carbocycles. The molecule has 1 aliphatic rings. The number of hydrogen-bond donors (Lipinski definition) is 2. The Labute approximate surface area is 196 Å². The molecule has 1 aliphatic heterocycles. The van der Waals surface area contributed by atoms with Crippen molar-refractivity contribution in [3.8, 4) is 0 Å². The van der Waals surface area contributed by atoms with Crippen LogP contribution in [0, 0.1) is 0 Å². The molecule has 1 aromatic heterocycles. The molecule has 0 bridgehead atoms. The molecule has 1 saturated heterocycles. The van der Waals surface area contributed by atoms with Gasteiger partial charge in [0.2, 0.25) is 0 Å². The SMILES string of the molecule is O=C(NCCCN1CCCCC1)c1cccc(Nc2cccc(/C=C/c3ccncc3)c2)c1. The Bertz CT molecular complexity index is 1060. The van der Waals surface area contributed by atoms with Gasteiger partial charge in [-0.1, -0.05) is 36.8 Å². The predicted molar refractivity (Wildman–Crippen MR) is 137 cm³/mol. The highest BCUT2D eigenvalue weighted by atomic mass is 16.1. The molecule has 2 heterocycles. The van der Waals surface area contributed by atoms with Crippen LogP contribution in [0.5, 0.6) is 0 Å². The highest BCUT2D eigenvalue weighted by molar-refractivity contribution is 5.95. The van der Waals surface area contributed by atoms with E-state index in [0.717, 1.165) is 35.5 Å². The van der Waals surface area contributed by atoms with Crippen LogP contribution in [-0.2, 0) is 0 Å². The Hall–Kier alpha value is -3.44. The summed E-state index contributed by atoms with van der Waals surface area (Å²) in [6.07, 6.45) is 12.7. The number of hydrogen-bond acceptors (Lipinski definition) is 4. The highest BCUT2D eigenvalue weighted by Gasteiger charge is 2.10. The van der Waals surface area contributed by atoms with Crippen LogP contribution in [0.2, 0.25) is 0 Å². The Morgan fingerprint density at radius 1 is 0.879 bits per heavy atom. The highest BCUT2D eigenvalue weighted by Crippen LogP contribution is 2.20. The number of nitrogens with one attached hydrogen (secondary N) is 2. The summed E-state index contributed by atoms with van der Waals surface area (Å²) in [5.74, 6) is -0.0219. The van der Waals surface area contributed by atoms with E-state index in [0.29, 0.717) is 12.1 Å². The van der Waals surface area contributed by atoms with Gasteiger partial charge in [-0.3, -0.25) is 9.78 Å². The maximum atomic E-state index is 12.6. The summed E-state index contributed by atoms with van der Waals surface area (Å²) in [5, 5.41) is 6.48. The molecule has 0 radical (unpaired) electrons. The first-order valence-corrected chi connectivity index (χ1v) is 11.8. The van der Waals surface area contributed by atoms with Crippen LogP contribution in [-0.4, -0.2) is 42.0 Å². The molecule has 4 rings (SSSR count). The van der Waals surface area contributed by atoms with Gasteiger partial charge in [0.15, 0.2) is 0 Å². The summed E-state index contributed by atoms with van der Waals surface area (Å²) in [6, 6.07) is 19.8. The van der Waals surface area contributed by atoms with Gasteiger partial charge in [-0.25, -0.2) is 0 Å². The van der Waals surface area contributed by atoms with Gasteiger partial charge >= 0.3 is 0 Å². The number of amides is 1. The number of rotatable bonds is 9. The number of aromatic nitrogens is 1. The van der Waals surface area contributed by atoms with E-state index in [1.807, 2.05) is 48.5 Å². The summed E-state index contributed by atoms with van der Waals surface area (Å²) < 4.78 is 0. The minimum atomic E-state index is -0.0219. The fraction of sp³-hybridized carbons (Fsp3) is 0.286. The van der Waals surface area contributed by atoms with Gasteiger partial charge in [0.1, 0.15) is 0 Å². The van der Waals surface area contributed by atoms with E-state index in [2.05, 4.69) is 44.8 Å². The largest absolute Gasteiger partial charge is 0.355 e. The van der Waals surface area contributed by atoms with Gasteiger partial charge in [-0.2, -0.15) is 0 Å². The second-order valence-electron chi connectivity index (χ2n) is 8.46. The first-order chi connectivity index (χ1) is 16.3. The van der Waals surface area contributed by atoms with Crippen LogP contribution >= 0.6 is 0 Å². The molecular formula is C28H32N4O. The zero-order valence-corrected chi connectivity index (χ0v) is 19.0. The molecule has 5 nitrogen and oxygen atoms in total. The monoisotopic (exact) mass is 440 g/mol. The summed E-state index contributed by atoms with van der Waals surface area (Å²) in [6.45, 7) is 4.16. The second kappa shape index (κ2) is 12.0. The average molecular weight is 441 g/mol. The third kappa shape index (κ3) is 7.29. The minimum Gasteiger partial charge on any atom is -0.355 e. The van der Waals surface area contributed by atoms with Crippen molar-refractivity contribution in [2.24, 2.45) is 0 Å². The summed E-state index contributed by atoms with van der Waals surface area (Å²) in [7, 11) is 0. The third-order valence-electron chi connectivity index (χ3n) is 5.86. The molecule has 0 unspecified atom stereocenters. The van der Waals surface area contributed by atoms with Gasteiger partial charge in [-0.05, 0) is 92.5 Å². The van der Waals surface area contributed by atoms with Crippen molar-refractivity contribution >= 4 is 29.4 Å². The molecule has 170 valence electrons. The van der Waals surface area contributed by atoms with Gasteiger partial charge in [0, 0.05) is 35.9 Å². The van der Waals surface area contributed by atoms with E-state index in [1.165, 1.54) is 32.4 Å². The second-order valence-corrected chi connectivity index (χ2v) is 8.46. The van der Waals surface area contributed by atoms with E-state index in [4.69, 9.17) is 0 Å². The number of pyridine rings is 1. The Balaban J connectivity index is 1.30. The van der Waals surface area contributed by atoms with Crippen LogP contribution in [0.25, 0.3) is 12.2 Å². The molecule has 3 aromatic rings. The van der Waals surface area contributed by atoms with Crippen LogP contribution in [0.15, 0.2) is 73.1 Å². The molecule has 33 heavy (non-hydrogen) atoms. The van der Waals surface area contributed by atoms with Crippen LogP contribution in [0.4, 0.5) is 11.4 Å². The van der Waals surface area contributed by atoms with Crippen molar-refractivity contribution < 1.29 is 4.79 Å². The lowest BCUT2D eigenvalue weighted by Gasteiger charge is -2.26. The Morgan fingerprint density at radius 2 is 1.61 bits per heavy atom. The van der Waals surface area contributed by atoms with E-state index in [-0.39, 0.29) is 5.91 Å². The smallest absolute Gasteiger partial charge is 0.251 e. The summed E-state index contributed by atoms with van der Waals surface area (Å²) >= 11 is 0. The predicted octanol–water partition coefficient (Wildman–Crippen LogP) is 5.60. The normalized spacial score (nSPS) is 14.3. The fourth-order valence-electron chi connectivity index (χ4n) is 4.08. The molecule has 5 heteroatoms. The zero-order chi connectivity index (χ0) is 22.7. The first-order valence-electron chi connectivity index (χ1n) is 11.8. The third-order valence-corrected chi connectivity index (χ3v) is 5.86. The number of carbonyl (C=O) groups is 1. The van der Waals surface area contributed by atoms with E-state index in [1.54, 1.807) is 12.4 Å². The fourth-order valence-corrected chi connectivity index (χ4v) is 4.08. The maximum Gasteiger partial charge on any atom is 0.251 e. The number of benzene rings is 2. The van der Waals surface area contributed by atoms with Crippen molar-refractivity contribution in [1.29, 1.82) is 0 Å². The Kier molecular flexibility index (Phi) is 8.25. The minimum absolute atomic E-state index is 0.0219. The van der Waals surface area contributed by atoms with Crippen LogP contribution in [0.1, 0.15) is 47.2 Å². The zero-order valence-electron chi connectivity index (χ0n) is 19.0. The number of nitrogens with zero attached hydrogens (tertiary/aromatic N) is 2.